The summed E-state index contributed by atoms with van der Waals surface area (Å²) in [6, 6.07) is 5.79. The zero-order valence-corrected chi connectivity index (χ0v) is 18.4. The summed E-state index contributed by atoms with van der Waals surface area (Å²) in [5, 5.41) is 18.2. The normalized spacial score (nSPS) is 12.2. The van der Waals surface area contributed by atoms with Crippen LogP contribution in [-0.2, 0) is 11.2 Å². The fourth-order valence-corrected chi connectivity index (χ4v) is 3.81. The number of halogens is 3. The van der Waals surface area contributed by atoms with Crippen LogP contribution in [0.4, 0.5) is 13.6 Å². The van der Waals surface area contributed by atoms with E-state index in [1.54, 1.807) is 13.8 Å². The van der Waals surface area contributed by atoms with Crippen LogP contribution in [0, 0.1) is 17.6 Å². The molecule has 33 heavy (non-hydrogen) atoms. The fraction of sp³-hybridized carbons (Fsp3) is 0.261. The van der Waals surface area contributed by atoms with Crippen LogP contribution in [-0.4, -0.2) is 33.5 Å². The average molecular weight is 480 g/mol. The van der Waals surface area contributed by atoms with Crippen LogP contribution in [0.15, 0.2) is 41.3 Å². The lowest BCUT2D eigenvalue weighted by molar-refractivity contribution is 0.0675. The Balaban J connectivity index is 2.25. The molecule has 7 nitrogen and oxygen atoms in total. The predicted octanol–water partition coefficient (Wildman–Crippen LogP) is 5.11. The number of benzene rings is 2. The molecule has 3 rings (SSSR count). The lowest BCUT2D eigenvalue weighted by Gasteiger charge is -2.26. The molecular formula is C23H20ClF2NO6. The highest BCUT2D eigenvalue weighted by Gasteiger charge is 2.24. The summed E-state index contributed by atoms with van der Waals surface area (Å²) < 4.78 is 35.4. The van der Waals surface area contributed by atoms with Crippen LogP contribution in [0.2, 0.25) is 5.02 Å². The molecule has 0 radical (unpaired) electrons. The van der Waals surface area contributed by atoms with E-state index in [1.807, 2.05) is 0 Å². The highest BCUT2D eigenvalue weighted by molar-refractivity contribution is 6.30. The Morgan fingerprint density at radius 2 is 1.85 bits per heavy atom. The minimum absolute atomic E-state index is 0.0299. The number of hydrogen-bond donors (Lipinski definition) is 2. The zero-order chi connectivity index (χ0) is 24.4. The Hall–Kier alpha value is -3.46. The van der Waals surface area contributed by atoms with Crippen LogP contribution in [0.3, 0.4) is 0 Å². The molecule has 1 heterocycles. The number of carbonyl (C=O) groups is 2. The minimum atomic E-state index is -1.53. The van der Waals surface area contributed by atoms with Crippen molar-refractivity contribution in [3.05, 3.63) is 80.1 Å². The van der Waals surface area contributed by atoms with Gasteiger partial charge in [-0.3, -0.25) is 4.79 Å². The first kappa shape index (κ1) is 24.2. The molecule has 0 aliphatic rings. The molecule has 0 saturated carbocycles. The maximum absolute atomic E-state index is 15.1. The highest BCUT2D eigenvalue weighted by Crippen LogP contribution is 2.28. The molecule has 0 amide bonds. The van der Waals surface area contributed by atoms with Crippen molar-refractivity contribution in [2.75, 3.05) is 6.61 Å². The Labute approximate surface area is 191 Å². The van der Waals surface area contributed by atoms with Gasteiger partial charge in [-0.25, -0.2) is 18.4 Å². The van der Waals surface area contributed by atoms with Crippen molar-refractivity contribution >= 4 is 34.6 Å². The SMILES string of the molecule is CC(C)[C@@H](COC(=O)O)n1cc(C(=O)O)c(=O)c2cc(Cc3cccc(Cl)c3F)c(F)cc21. The average Bonchev–Trinajstić information content (AvgIpc) is 2.73. The minimum Gasteiger partial charge on any atom is -0.477 e. The molecule has 10 heteroatoms. The van der Waals surface area contributed by atoms with Crippen LogP contribution >= 0.6 is 11.6 Å². The van der Waals surface area contributed by atoms with Gasteiger partial charge in [0.15, 0.2) is 0 Å². The van der Waals surface area contributed by atoms with Crippen molar-refractivity contribution in [3.8, 4) is 0 Å². The second-order valence-electron chi connectivity index (χ2n) is 7.82. The van der Waals surface area contributed by atoms with Gasteiger partial charge in [-0.2, -0.15) is 0 Å². The van der Waals surface area contributed by atoms with Gasteiger partial charge in [0.1, 0.15) is 23.8 Å². The Bertz CT molecular complexity index is 1300. The molecule has 0 fully saturated rings. The summed E-state index contributed by atoms with van der Waals surface area (Å²) in [6.45, 7) is 3.14. The smallest absolute Gasteiger partial charge is 0.477 e. The van der Waals surface area contributed by atoms with Crippen molar-refractivity contribution in [3.63, 3.8) is 0 Å². The Morgan fingerprint density at radius 1 is 1.15 bits per heavy atom. The first-order chi connectivity index (χ1) is 15.5. The molecular weight excluding hydrogens is 460 g/mol. The number of rotatable bonds is 7. The van der Waals surface area contributed by atoms with Gasteiger partial charge in [0, 0.05) is 18.0 Å². The van der Waals surface area contributed by atoms with Gasteiger partial charge in [-0.1, -0.05) is 37.6 Å². The lowest BCUT2D eigenvalue weighted by Crippen LogP contribution is -2.27. The van der Waals surface area contributed by atoms with Gasteiger partial charge in [-0.15, -0.1) is 0 Å². The van der Waals surface area contributed by atoms with Gasteiger partial charge in [-0.05, 0) is 35.2 Å². The molecule has 0 saturated heterocycles. The lowest BCUT2D eigenvalue weighted by atomic mass is 9.99. The van der Waals surface area contributed by atoms with E-state index in [2.05, 4.69) is 4.74 Å². The van der Waals surface area contributed by atoms with Crippen molar-refractivity contribution in [1.29, 1.82) is 0 Å². The first-order valence-electron chi connectivity index (χ1n) is 9.90. The Morgan fingerprint density at radius 3 is 2.45 bits per heavy atom. The molecule has 2 N–H and O–H groups in total. The molecule has 0 aliphatic carbocycles. The van der Waals surface area contributed by atoms with E-state index < -0.39 is 40.8 Å². The summed E-state index contributed by atoms with van der Waals surface area (Å²) in [7, 11) is 0. The molecule has 0 bridgehead atoms. The number of carboxylic acid groups (broad SMARTS) is 2. The quantitative estimate of drug-likeness (QED) is 0.456. The number of ether oxygens (including phenoxy) is 1. The second-order valence-corrected chi connectivity index (χ2v) is 8.23. The van der Waals surface area contributed by atoms with Crippen molar-refractivity contribution < 1.29 is 33.3 Å². The molecule has 0 aliphatic heterocycles. The molecule has 174 valence electrons. The number of aromatic nitrogens is 1. The number of nitrogens with zero attached hydrogens (tertiary/aromatic N) is 1. The van der Waals surface area contributed by atoms with Gasteiger partial charge < -0.3 is 19.5 Å². The second kappa shape index (κ2) is 9.58. The van der Waals surface area contributed by atoms with Gasteiger partial charge >= 0.3 is 12.1 Å². The third-order valence-corrected chi connectivity index (χ3v) is 5.64. The van der Waals surface area contributed by atoms with Crippen LogP contribution in [0.1, 0.15) is 41.4 Å². The first-order valence-corrected chi connectivity index (χ1v) is 10.3. The third kappa shape index (κ3) is 4.98. The molecule has 2 aromatic carbocycles. The number of carboxylic acids is 1. The van der Waals surface area contributed by atoms with Gasteiger partial charge in [0.05, 0.1) is 16.6 Å². The van der Waals surface area contributed by atoms with Crippen LogP contribution in [0.25, 0.3) is 10.9 Å². The van der Waals surface area contributed by atoms with E-state index in [9.17, 15) is 23.9 Å². The zero-order valence-electron chi connectivity index (χ0n) is 17.6. The number of fused-ring (bicyclic) bond motifs is 1. The van der Waals surface area contributed by atoms with Crippen molar-refractivity contribution in [2.45, 2.75) is 26.3 Å². The van der Waals surface area contributed by atoms with Gasteiger partial charge in [0.25, 0.3) is 0 Å². The largest absolute Gasteiger partial charge is 0.505 e. The summed E-state index contributed by atoms with van der Waals surface area (Å²) in [4.78, 5) is 35.5. The van der Waals surface area contributed by atoms with Gasteiger partial charge in [0.2, 0.25) is 5.43 Å². The van der Waals surface area contributed by atoms with E-state index in [4.69, 9.17) is 16.7 Å². The van der Waals surface area contributed by atoms with Crippen LogP contribution < -0.4 is 5.43 Å². The molecule has 3 aromatic rings. The molecule has 0 spiro atoms. The van der Waals surface area contributed by atoms with E-state index >= 15 is 4.39 Å². The van der Waals surface area contributed by atoms with Crippen molar-refractivity contribution in [1.82, 2.24) is 4.57 Å². The van der Waals surface area contributed by atoms with Crippen molar-refractivity contribution in [2.24, 2.45) is 5.92 Å². The number of aromatic carboxylic acids is 1. The van der Waals surface area contributed by atoms with E-state index in [1.165, 1.54) is 28.8 Å². The predicted molar refractivity (Wildman–Crippen MR) is 117 cm³/mol. The van der Waals surface area contributed by atoms with Crippen LogP contribution in [0.5, 0.6) is 0 Å². The summed E-state index contributed by atoms with van der Waals surface area (Å²) in [5.74, 6) is -3.23. The maximum Gasteiger partial charge on any atom is 0.505 e. The summed E-state index contributed by atoms with van der Waals surface area (Å²) >= 11 is 5.79. The fourth-order valence-electron chi connectivity index (χ4n) is 3.62. The highest BCUT2D eigenvalue weighted by atomic mass is 35.5. The summed E-state index contributed by atoms with van der Waals surface area (Å²) in [5.41, 5.74) is -1.29. The monoisotopic (exact) mass is 479 g/mol. The molecule has 1 aromatic heterocycles. The standard InChI is InChI=1S/C23H20ClF2NO6/c1-11(2)19(10-33-23(31)32)27-9-15(22(29)30)21(28)14-7-13(17(25)8-18(14)27)6-12-4-3-5-16(24)20(12)26/h3-5,7-9,11,19H,6,10H2,1-2H3,(H,29,30)(H,31,32)/t19-/m1/s1. The number of hydrogen-bond acceptors (Lipinski definition) is 4. The van der Waals surface area contributed by atoms with E-state index in [-0.39, 0.29) is 46.0 Å². The van der Waals surface area contributed by atoms with E-state index in [0.717, 1.165) is 12.3 Å². The summed E-state index contributed by atoms with van der Waals surface area (Å²) in [6.07, 6.45) is -0.694. The molecule has 0 unspecified atom stereocenters. The topological polar surface area (TPSA) is 106 Å². The maximum atomic E-state index is 15.1. The Kier molecular flexibility index (Phi) is 7.02. The third-order valence-electron chi connectivity index (χ3n) is 5.35. The van der Waals surface area contributed by atoms with E-state index in [0.29, 0.717) is 0 Å². The number of pyridine rings is 1. The molecule has 1 atom stereocenters.